The van der Waals surface area contributed by atoms with Gasteiger partial charge >= 0.3 is 0 Å². The van der Waals surface area contributed by atoms with Gasteiger partial charge in [0.2, 0.25) is 0 Å². The Labute approximate surface area is 120 Å². The maximum Gasteiger partial charge on any atom is 0.121 e. The third-order valence-corrected chi connectivity index (χ3v) is 4.17. The van der Waals surface area contributed by atoms with Crippen LogP contribution in [0.1, 0.15) is 0 Å². The molecule has 5 rings (SSSR count). The number of H-pyrrole nitrogens is 1. The van der Waals surface area contributed by atoms with E-state index in [1.54, 1.807) is 0 Å². The average molecular weight is 269 g/mol. The molecule has 1 heterocycles. The first-order chi connectivity index (χ1) is 10.4. The fourth-order valence-corrected chi connectivity index (χ4v) is 3.22. The highest BCUT2D eigenvalue weighted by molar-refractivity contribution is 6.26. The SMILES string of the molecule is c1ccc2c(c1)ccc1ccc3ccc4n[nH]nc4c3c12. The maximum atomic E-state index is 4.37. The Morgan fingerprint density at radius 3 is 2.24 bits per heavy atom. The number of nitrogens with one attached hydrogen (secondary N) is 1. The summed E-state index contributed by atoms with van der Waals surface area (Å²) in [6, 6.07) is 21.3. The highest BCUT2D eigenvalue weighted by Gasteiger charge is 2.10. The molecule has 0 spiro atoms. The molecule has 5 aromatic rings. The summed E-state index contributed by atoms with van der Waals surface area (Å²) in [5, 5.41) is 18.7. The third kappa shape index (κ3) is 1.37. The minimum Gasteiger partial charge on any atom is -0.197 e. The molecule has 4 aromatic carbocycles. The van der Waals surface area contributed by atoms with Crippen LogP contribution in [0.5, 0.6) is 0 Å². The van der Waals surface area contributed by atoms with Crippen molar-refractivity contribution >= 4 is 43.4 Å². The number of hydrogen-bond donors (Lipinski definition) is 1. The zero-order valence-corrected chi connectivity index (χ0v) is 11.2. The average Bonchev–Trinajstić information content (AvgIpc) is 3.02. The highest BCUT2D eigenvalue weighted by atomic mass is 15.3. The molecule has 0 saturated heterocycles. The molecule has 0 atom stereocenters. The minimum atomic E-state index is 0.905. The first-order valence-corrected chi connectivity index (χ1v) is 6.95. The summed E-state index contributed by atoms with van der Waals surface area (Å²) in [4.78, 5) is 0. The van der Waals surface area contributed by atoms with Crippen LogP contribution in [0, 0.1) is 0 Å². The Morgan fingerprint density at radius 2 is 1.33 bits per heavy atom. The van der Waals surface area contributed by atoms with Gasteiger partial charge in [-0.25, -0.2) is 0 Å². The zero-order valence-electron chi connectivity index (χ0n) is 11.2. The number of hydrogen-bond acceptors (Lipinski definition) is 2. The number of aromatic nitrogens is 3. The number of benzene rings is 4. The zero-order chi connectivity index (χ0) is 13.8. The Hall–Kier alpha value is -2.94. The molecule has 0 fully saturated rings. The van der Waals surface area contributed by atoms with Gasteiger partial charge in [0.15, 0.2) is 0 Å². The van der Waals surface area contributed by atoms with Crippen molar-refractivity contribution in [3.05, 3.63) is 60.7 Å². The van der Waals surface area contributed by atoms with Gasteiger partial charge in [-0.2, -0.15) is 15.4 Å². The molecule has 98 valence electrons. The van der Waals surface area contributed by atoms with Crippen molar-refractivity contribution < 1.29 is 0 Å². The summed E-state index contributed by atoms with van der Waals surface area (Å²) in [5.41, 5.74) is 1.84. The quantitative estimate of drug-likeness (QED) is 0.423. The van der Waals surface area contributed by atoms with Gasteiger partial charge in [0.05, 0.1) is 0 Å². The molecule has 0 bridgehead atoms. The topological polar surface area (TPSA) is 41.6 Å². The molecule has 1 N–H and O–H groups in total. The summed E-state index contributed by atoms with van der Waals surface area (Å²) < 4.78 is 0. The highest BCUT2D eigenvalue weighted by Crippen LogP contribution is 2.34. The van der Waals surface area contributed by atoms with Crippen LogP contribution >= 0.6 is 0 Å². The maximum absolute atomic E-state index is 4.37. The second-order valence-electron chi connectivity index (χ2n) is 5.31. The lowest BCUT2D eigenvalue weighted by Crippen LogP contribution is -1.83. The minimum absolute atomic E-state index is 0.905. The number of aromatic amines is 1. The van der Waals surface area contributed by atoms with Gasteiger partial charge in [0.25, 0.3) is 0 Å². The van der Waals surface area contributed by atoms with Crippen molar-refractivity contribution in [1.82, 2.24) is 15.4 Å². The van der Waals surface area contributed by atoms with E-state index < -0.39 is 0 Å². The molecular formula is C18H11N3. The molecular weight excluding hydrogens is 258 g/mol. The lowest BCUT2D eigenvalue weighted by atomic mass is 9.96. The first kappa shape index (κ1) is 10.8. The van der Waals surface area contributed by atoms with Crippen molar-refractivity contribution in [3.63, 3.8) is 0 Å². The summed E-state index contributed by atoms with van der Waals surface area (Å²) in [7, 11) is 0. The molecule has 0 aliphatic heterocycles. The summed E-state index contributed by atoms with van der Waals surface area (Å²) >= 11 is 0. The van der Waals surface area contributed by atoms with Crippen LogP contribution < -0.4 is 0 Å². The van der Waals surface area contributed by atoms with Crippen LogP contribution in [0.15, 0.2) is 60.7 Å². The van der Waals surface area contributed by atoms with Crippen LogP contribution in [0.3, 0.4) is 0 Å². The van der Waals surface area contributed by atoms with E-state index in [4.69, 9.17) is 0 Å². The van der Waals surface area contributed by atoms with Gasteiger partial charge in [0.1, 0.15) is 11.0 Å². The van der Waals surface area contributed by atoms with E-state index in [1.165, 1.54) is 32.3 Å². The predicted molar refractivity (Wildman–Crippen MR) is 86.4 cm³/mol. The van der Waals surface area contributed by atoms with Crippen molar-refractivity contribution in [1.29, 1.82) is 0 Å². The molecule has 3 nitrogen and oxygen atoms in total. The Morgan fingerprint density at radius 1 is 0.619 bits per heavy atom. The Balaban J connectivity index is 2.21. The predicted octanol–water partition coefficient (Wildman–Crippen LogP) is 4.42. The van der Waals surface area contributed by atoms with Crippen LogP contribution in [0.4, 0.5) is 0 Å². The largest absolute Gasteiger partial charge is 0.197 e. The van der Waals surface area contributed by atoms with E-state index >= 15 is 0 Å². The molecule has 1 aromatic heterocycles. The van der Waals surface area contributed by atoms with E-state index in [1.807, 2.05) is 6.07 Å². The number of rotatable bonds is 0. The summed E-state index contributed by atoms with van der Waals surface area (Å²) in [5.74, 6) is 0. The van der Waals surface area contributed by atoms with Crippen molar-refractivity contribution in [2.24, 2.45) is 0 Å². The lowest BCUT2D eigenvalue weighted by molar-refractivity contribution is 0.960. The van der Waals surface area contributed by atoms with Crippen LogP contribution in [0.2, 0.25) is 0 Å². The molecule has 21 heavy (non-hydrogen) atoms. The fraction of sp³-hybridized carbons (Fsp3) is 0. The smallest absolute Gasteiger partial charge is 0.121 e. The standard InChI is InChI=1S/C18H11N3/c1-2-4-14-11(3-1)5-6-12-7-8-13-9-10-15-18(20-21-19-15)17(13)16(12)14/h1-10H,(H,19,20,21). The molecule has 0 aliphatic rings. The Kier molecular flexibility index (Phi) is 1.95. The van der Waals surface area contributed by atoms with Gasteiger partial charge in [0, 0.05) is 5.39 Å². The van der Waals surface area contributed by atoms with E-state index in [2.05, 4.69) is 70.0 Å². The fourth-order valence-electron chi connectivity index (χ4n) is 3.22. The number of nitrogens with zero attached hydrogens (tertiary/aromatic N) is 2. The van der Waals surface area contributed by atoms with E-state index in [0.29, 0.717) is 0 Å². The molecule has 0 aliphatic carbocycles. The van der Waals surface area contributed by atoms with E-state index in [9.17, 15) is 0 Å². The van der Waals surface area contributed by atoms with Crippen molar-refractivity contribution in [2.75, 3.05) is 0 Å². The molecule has 3 heteroatoms. The van der Waals surface area contributed by atoms with Gasteiger partial charge in [-0.1, -0.05) is 54.6 Å². The van der Waals surface area contributed by atoms with Gasteiger partial charge in [-0.15, -0.1) is 0 Å². The second-order valence-corrected chi connectivity index (χ2v) is 5.31. The third-order valence-electron chi connectivity index (χ3n) is 4.17. The van der Waals surface area contributed by atoms with Crippen LogP contribution in [-0.4, -0.2) is 15.4 Å². The molecule has 0 saturated carbocycles. The van der Waals surface area contributed by atoms with Gasteiger partial charge in [-0.05, 0) is 33.0 Å². The summed E-state index contributed by atoms with van der Waals surface area (Å²) in [6.07, 6.45) is 0. The monoisotopic (exact) mass is 269 g/mol. The summed E-state index contributed by atoms with van der Waals surface area (Å²) in [6.45, 7) is 0. The van der Waals surface area contributed by atoms with Crippen molar-refractivity contribution in [2.45, 2.75) is 0 Å². The van der Waals surface area contributed by atoms with Crippen LogP contribution in [-0.2, 0) is 0 Å². The second kappa shape index (κ2) is 3.79. The van der Waals surface area contributed by atoms with Gasteiger partial charge < -0.3 is 0 Å². The first-order valence-electron chi connectivity index (χ1n) is 6.95. The van der Waals surface area contributed by atoms with Crippen molar-refractivity contribution in [3.8, 4) is 0 Å². The number of fused-ring (bicyclic) bond motifs is 7. The Bertz CT molecular complexity index is 1130. The van der Waals surface area contributed by atoms with E-state index in [-0.39, 0.29) is 0 Å². The molecule has 0 unspecified atom stereocenters. The molecule has 0 radical (unpaired) electrons. The van der Waals surface area contributed by atoms with Crippen LogP contribution in [0.25, 0.3) is 43.4 Å². The molecule has 0 amide bonds. The lowest BCUT2D eigenvalue weighted by Gasteiger charge is -2.08. The van der Waals surface area contributed by atoms with E-state index in [0.717, 1.165) is 11.0 Å². The van der Waals surface area contributed by atoms with Gasteiger partial charge in [-0.3, -0.25) is 0 Å². The normalized spacial score (nSPS) is 11.8.